The third-order valence-corrected chi connectivity index (χ3v) is 7.15. The summed E-state index contributed by atoms with van der Waals surface area (Å²) in [6, 6.07) is 13.1. The monoisotopic (exact) mass is 569 g/mol. The molecule has 0 spiro atoms. The highest BCUT2D eigenvalue weighted by molar-refractivity contribution is 14.0. The van der Waals surface area contributed by atoms with E-state index in [1.165, 1.54) is 17.1 Å². The lowest BCUT2D eigenvalue weighted by atomic mass is 10.1. The maximum absolute atomic E-state index is 5.55. The number of rotatable bonds is 7. The van der Waals surface area contributed by atoms with Crippen LogP contribution in [0.4, 0.5) is 10.7 Å². The Kier molecular flexibility index (Phi) is 9.77. The molecule has 0 saturated carbocycles. The van der Waals surface area contributed by atoms with Crippen molar-refractivity contribution in [2.24, 2.45) is 10.9 Å². The predicted molar refractivity (Wildman–Crippen MR) is 147 cm³/mol. The maximum Gasteiger partial charge on any atom is 0.191 e. The predicted octanol–water partition coefficient (Wildman–Crippen LogP) is 4.43. The molecule has 2 aliphatic rings. The molecule has 8 heteroatoms. The fourth-order valence-electron chi connectivity index (χ4n) is 4.52. The lowest BCUT2D eigenvalue weighted by Gasteiger charge is -2.33. The zero-order valence-corrected chi connectivity index (χ0v) is 22.3. The number of thiophene rings is 1. The number of hydrogen-bond donors (Lipinski definition) is 2. The first kappa shape index (κ1) is 25.0. The van der Waals surface area contributed by atoms with Gasteiger partial charge in [-0.3, -0.25) is 4.99 Å². The lowest BCUT2D eigenvalue weighted by molar-refractivity contribution is 0.414. The van der Waals surface area contributed by atoms with Crippen molar-refractivity contribution in [3.63, 3.8) is 0 Å². The third-order valence-electron chi connectivity index (χ3n) is 6.22. The summed E-state index contributed by atoms with van der Waals surface area (Å²) in [7, 11) is 1.75. The van der Waals surface area contributed by atoms with Crippen molar-refractivity contribution in [2.75, 3.05) is 56.2 Å². The third kappa shape index (κ3) is 6.43. The average molecular weight is 570 g/mol. The molecule has 1 aromatic heterocycles. The van der Waals surface area contributed by atoms with Crippen LogP contribution < -0.4 is 25.2 Å². The topological polar surface area (TPSA) is 52.1 Å². The number of aliphatic imine (C=N–C) groups is 1. The number of anilines is 2. The van der Waals surface area contributed by atoms with Crippen LogP contribution in [0.1, 0.15) is 26.2 Å². The van der Waals surface area contributed by atoms with Crippen molar-refractivity contribution in [3.8, 4) is 5.75 Å². The summed E-state index contributed by atoms with van der Waals surface area (Å²) >= 11 is 1.83. The van der Waals surface area contributed by atoms with Crippen molar-refractivity contribution in [2.45, 2.75) is 32.2 Å². The number of nitrogens with one attached hydrogen (secondary N) is 2. The van der Waals surface area contributed by atoms with Gasteiger partial charge in [0.2, 0.25) is 0 Å². The number of guanidine groups is 1. The highest BCUT2D eigenvalue weighted by Gasteiger charge is 2.25. The normalized spacial score (nSPS) is 19.6. The van der Waals surface area contributed by atoms with Gasteiger partial charge in [0.05, 0.1) is 17.8 Å². The van der Waals surface area contributed by atoms with Crippen LogP contribution in [0.2, 0.25) is 0 Å². The van der Waals surface area contributed by atoms with E-state index in [-0.39, 0.29) is 24.0 Å². The number of ether oxygens (including phenoxy) is 1. The molecule has 2 fully saturated rings. The SMILES string of the molecule is CCNC(=NCC1CCN(c2ccccc2OC)C1)NC1CCN(c2cccs2)CC1.I. The minimum atomic E-state index is 0. The molecule has 1 atom stereocenters. The second kappa shape index (κ2) is 12.5. The van der Waals surface area contributed by atoms with Gasteiger partial charge in [0.25, 0.3) is 0 Å². The van der Waals surface area contributed by atoms with Gasteiger partial charge in [-0.2, -0.15) is 0 Å². The van der Waals surface area contributed by atoms with Gasteiger partial charge < -0.3 is 25.2 Å². The van der Waals surface area contributed by atoms with Gasteiger partial charge >= 0.3 is 0 Å². The molecule has 4 rings (SSSR count). The Morgan fingerprint density at radius 2 is 1.88 bits per heavy atom. The van der Waals surface area contributed by atoms with E-state index in [9.17, 15) is 0 Å². The molecule has 2 aromatic rings. The Hall–Kier alpha value is -1.68. The number of methoxy groups -OCH3 is 1. The first-order valence-corrected chi connectivity index (χ1v) is 12.4. The minimum Gasteiger partial charge on any atom is -0.495 e. The van der Waals surface area contributed by atoms with Crippen LogP contribution in [0.5, 0.6) is 5.75 Å². The Labute approximate surface area is 213 Å². The Morgan fingerprint density at radius 3 is 2.59 bits per heavy atom. The molecule has 1 unspecified atom stereocenters. The number of benzene rings is 1. The highest BCUT2D eigenvalue weighted by Crippen LogP contribution is 2.32. The molecule has 2 N–H and O–H groups in total. The number of nitrogens with zero attached hydrogens (tertiary/aromatic N) is 3. The second-order valence-electron chi connectivity index (χ2n) is 8.35. The molecule has 0 bridgehead atoms. The number of para-hydroxylation sites is 2. The van der Waals surface area contributed by atoms with Crippen LogP contribution in [-0.2, 0) is 0 Å². The summed E-state index contributed by atoms with van der Waals surface area (Å²) in [5, 5.41) is 10.7. The van der Waals surface area contributed by atoms with E-state index in [2.05, 4.69) is 57.0 Å². The van der Waals surface area contributed by atoms with Gasteiger partial charge in [-0.05, 0) is 61.7 Å². The quantitative estimate of drug-likeness (QED) is 0.294. The standard InChI is InChI=1S/C24H35N5OS.HI/c1-3-25-24(27-20-11-14-28(15-12-20)23-9-6-16-31-23)26-17-19-10-13-29(18-19)21-7-4-5-8-22(21)30-2;/h4-9,16,19-20H,3,10-15,17-18H2,1-2H3,(H2,25,26,27);1H. The molecule has 32 heavy (non-hydrogen) atoms. The van der Waals surface area contributed by atoms with Crippen LogP contribution in [0.15, 0.2) is 46.8 Å². The van der Waals surface area contributed by atoms with Gasteiger partial charge in [0.15, 0.2) is 5.96 Å². The van der Waals surface area contributed by atoms with E-state index in [0.29, 0.717) is 12.0 Å². The summed E-state index contributed by atoms with van der Waals surface area (Å²) < 4.78 is 5.55. The largest absolute Gasteiger partial charge is 0.495 e. The molecule has 3 heterocycles. The van der Waals surface area contributed by atoms with Crippen molar-refractivity contribution in [1.29, 1.82) is 0 Å². The molecular formula is C24H36IN5OS. The van der Waals surface area contributed by atoms with Crippen LogP contribution in [0, 0.1) is 5.92 Å². The Morgan fingerprint density at radius 1 is 1.09 bits per heavy atom. The van der Waals surface area contributed by atoms with E-state index >= 15 is 0 Å². The number of hydrogen-bond acceptors (Lipinski definition) is 5. The van der Waals surface area contributed by atoms with E-state index in [0.717, 1.165) is 63.8 Å². The second-order valence-corrected chi connectivity index (χ2v) is 9.28. The summed E-state index contributed by atoms with van der Waals surface area (Å²) in [4.78, 5) is 9.88. The molecule has 0 aliphatic carbocycles. The first-order chi connectivity index (χ1) is 15.3. The zero-order valence-electron chi connectivity index (χ0n) is 19.1. The fourth-order valence-corrected chi connectivity index (χ4v) is 5.30. The van der Waals surface area contributed by atoms with Crippen molar-refractivity contribution < 1.29 is 4.74 Å². The van der Waals surface area contributed by atoms with Crippen LogP contribution >= 0.6 is 35.3 Å². The molecule has 6 nitrogen and oxygen atoms in total. The molecular weight excluding hydrogens is 533 g/mol. The lowest BCUT2D eigenvalue weighted by Crippen LogP contribution is -2.48. The maximum atomic E-state index is 5.55. The van der Waals surface area contributed by atoms with E-state index in [1.807, 2.05) is 23.5 Å². The van der Waals surface area contributed by atoms with Gasteiger partial charge in [-0.1, -0.05) is 12.1 Å². The highest BCUT2D eigenvalue weighted by atomic mass is 127. The molecule has 2 aliphatic heterocycles. The van der Waals surface area contributed by atoms with E-state index < -0.39 is 0 Å². The Bertz CT molecular complexity index is 839. The molecule has 2 saturated heterocycles. The summed E-state index contributed by atoms with van der Waals surface area (Å²) in [6.07, 6.45) is 3.46. The van der Waals surface area contributed by atoms with Crippen LogP contribution in [0.3, 0.4) is 0 Å². The van der Waals surface area contributed by atoms with Gasteiger partial charge in [0.1, 0.15) is 5.75 Å². The van der Waals surface area contributed by atoms with Crippen molar-refractivity contribution >= 4 is 52.0 Å². The van der Waals surface area contributed by atoms with Gasteiger partial charge in [-0.25, -0.2) is 0 Å². The fraction of sp³-hybridized carbons (Fsp3) is 0.542. The summed E-state index contributed by atoms with van der Waals surface area (Å²) in [5.41, 5.74) is 1.19. The Balaban J connectivity index is 0.00000289. The summed E-state index contributed by atoms with van der Waals surface area (Å²) in [6.45, 7) is 8.18. The number of halogens is 1. The summed E-state index contributed by atoms with van der Waals surface area (Å²) in [5.74, 6) is 2.49. The van der Waals surface area contributed by atoms with E-state index in [1.54, 1.807) is 7.11 Å². The molecule has 1 aromatic carbocycles. The zero-order chi connectivity index (χ0) is 21.5. The van der Waals surface area contributed by atoms with Gasteiger partial charge in [0, 0.05) is 45.3 Å². The van der Waals surface area contributed by atoms with Crippen LogP contribution in [0.25, 0.3) is 0 Å². The van der Waals surface area contributed by atoms with Gasteiger partial charge in [-0.15, -0.1) is 35.3 Å². The van der Waals surface area contributed by atoms with Crippen molar-refractivity contribution in [1.82, 2.24) is 10.6 Å². The van der Waals surface area contributed by atoms with E-state index in [4.69, 9.17) is 9.73 Å². The van der Waals surface area contributed by atoms with Crippen LogP contribution in [-0.4, -0.2) is 58.4 Å². The first-order valence-electron chi connectivity index (χ1n) is 11.5. The minimum absolute atomic E-state index is 0. The molecule has 0 radical (unpaired) electrons. The average Bonchev–Trinajstić information content (AvgIpc) is 3.51. The van der Waals surface area contributed by atoms with Crippen molar-refractivity contribution in [3.05, 3.63) is 41.8 Å². The smallest absolute Gasteiger partial charge is 0.191 e. The molecule has 0 amide bonds. The number of piperidine rings is 1. The molecule has 176 valence electrons.